The van der Waals surface area contributed by atoms with Crippen molar-refractivity contribution in [2.75, 3.05) is 60.2 Å². The van der Waals surface area contributed by atoms with Crippen LogP contribution in [0, 0.1) is 0 Å². The topological polar surface area (TPSA) is 33.7 Å². The summed E-state index contributed by atoms with van der Waals surface area (Å²) >= 11 is 0. The molecule has 1 N–H and O–H groups in total. The third kappa shape index (κ3) is 14.1. The Hall–Kier alpha value is -0.160. The van der Waals surface area contributed by atoms with E-state index in [-0.39, 0.29) is 0 Å². The Bertz CT molecular complexity index is 168. The van der Waals surface area contributed by atoms with Crippen LogP contribution < -0.4 is 5.32 Å². The maximum Gasteiger partial charge on any atom is 0.0589 e. The molecule has 0 spiro atoms. The predicted molar refractivity (Wildman–Crippen MR) is 81.8 cm³/mol. The van der Waals surface area contributed by atoms with Gasteiger partial charge < -0.3 is 14.8 Å². The number of rotatable bonds is 15. The maximum absolute atomic E-state index is 5.16. The minimum atomic E-state index is 0.809. The largest absolute Gasteiger partial charge is 0.385 e. The van der Waals surface area contributed by atoms with Gasteiger partial charge in [0, 0.05) is 47.0 Å². The second-order valence-electron chi connectivity index (χ2n) is 4.99. The van der Waals surface area contributed by atoms with Crippen LogP contribution in [-0.4, -0.2) is 65.1 Å². The molecule has 0 heterocycles. The first-order valence-electron chi connectivity index (χ1n) is 7.76. The van der Waals surface area contributed by atoms with Gasteiger partial charge in [-0.2, -0.15) is 0 Å². The minimum Gasteiger partial charge on any atom is -0.385 e. The molecule has 0 unspecified atom stereocenters. The highest BCUT2D eigenvalue weighted by Gasteiger charge is 2.03. The lowest BCUT2D eigenvalue weighted by Gasteiger charge is -2.22. The number of hydrogen-bond acceptors (Lipinski definition) is 4. The molecular formula is C15H34N2O2. The molecule has 0 bridgehead atoms. The molecule has 19 heavy (non-hydrogen) atoms. The van der Waals surface area contributed by atoms with E-state index in [2.05, 4.69) is 17.1 Å². The summed E-state index contributed by atoms with van der Waals surface area (Å²) in [5, 5.41) is 3.53. The summed E-state index contributed by atoms with van der Waals surface area (Å²) in [5.41, 5.74) is 0. The Morgan fingerprint density at radius 3 is 2.26 bits per heavy atom. The van der Waals surface area contributed by atoms with Crippen LogP contribution >= 0.6 is 0 Å². The van der Waals surface area contributed by atoms with Crippen LogP contribution in [0.1, 0.15) is 39.0 Å². The lowest BCUT2D eigenvalue weighted by Crippen LogP contribution is -2.35. The number of nitrogens with zero attached hydrogens (tertiary/aromatic N) is 1. The Morgan fingerprint density at radius 2 is 1.58 bits per heavy atom. The molecule has 0 amide bonds. The molecule has 0 aromatic carbocycles. The molecule has 4 heteroatoms. The van der Waals surface area contributed by atoms with Crippen LogP contribution in [-0.2, 0) is 9.47 Å². The average Bonchev–Trinajstić information content (AvgIpc) is 2.43. The van der Waals surface area contributed by atoms with Gasteiger partial charge in [0.25, 0.3) is 0 Å². The fraction of sp³-hybridized carbons (Fsp3) is 1.00. The van der Waals surface area contributed by atoms with E-state index in [4.69, 9.17) is 9.47 Å². The van der Waals surface area contributed by atoms with E-state index in [1.807, 2.05) is 0 Å². The molecular weight excluding hydrogens is 240 g/mol. The fourth-order valence-corrected chi connectivity index (χ4v) is 2.03. The van der Waals surface area contributed by atoms with Crippen molar-refractivity contribution in [2.24, 2.45) is 0 Å². The Kier molecular flexibility index (Phi) is 15.8. The number of nitrogens with one attached hydrogen (secondary N) is 1. The Labute approximate surface area is 119 Å². The van der Waals surface area contributed by atoms with E-state index in [1.54, 1.807) is 14.2 Å². The van der Waals surface area contributed by atoms with Gasteiger partial charge in [-0.1, -0.05) is 26.2 Å². The molecule has 0 atom stereocenters. The van der Waals surface area contributed by atoms with Gasteiger partial charge in [0.15, 0.2) is 0 Å². The van der Waals surface area contributed by atoms with Gasteiger partial charge in [0.05, 0.1) is 6.61 Å². The van der Waals surface area contributed by atoms with E-state index in [1.165, 1.54) is 25.7 Å². The van der Waals surface area contributed by atoms with Gasteiger partial charge >= 0.3 is 0 Å². The highest BCUT2D eigenvalue weighted by atomic mass is 16.5. The molecule has 0 radical (unpaired) electrons. The summed E-state index contributed by atoms with van der Waals surface area (Å²) in [7, 11) is 3.52. The molecule has 0 aromatic rings. The zero-order valence-corrected chi connectivity index (χ0v) is 13.2. The second-order valence-corrected chi connectivity index (χ2v) is 4.99. The standard InChI is InChI=1S/C15H34N2O2/c1-4-5-6-7-9-16-10-12-17(13-15-19-3)11-8-14-18-2/h16H,4-15H2,1-3H3. The number of hydrogen-bond donors (Lipinski definition) is 1. The average molecular weight is 274 g/mol. The van der Waals surface area contributed by atoms with E-state index in [0.29, 0.717) is 0 Å². The van der Waals surface area contributed by atoms with E-state index >= 15 is 0 Å². The van der Waals surface area contributed by atoms with Gasteiger partial charge in [-0.05, 0) is 19.4 Å². The second kappa shape index (κ2) is 15.9. The van der Waals surface area contributed by atoms with Crippen LogP contribution in [0.2, 0.25) is 0 Å². The van der Waals surface area contributed by atoms with Crippen molar-refractivity contribution in [2.45, 2.75) is 39.0 Å². The van der Waals surface area contributed by atoms with Gasteiger partial charge in [-0.15, -0.1) is 0 Å². The molecule has 116 valence electrons. The van der Waals surface area contributed by atoms with Gasteiger partial charge in [-0.3, -0.25) is 4.90 Å². The first-order valence-corrected chi connectivity index (χ1v) is 7.76. The van der Waals surface area contributed by atoms with Gasteiger partial charge in [0.2, 0.25) is 0 Å². The zero-order valence-electron chi connectivity index (χ0n) is 13.2. The van der Waals surface area contributed by atoms with Gasteiger partial charge in [0.1, 0.15) is 0 Å². The molecule has 0 aliphatic carbocycles. The van der Waals surface area contributed by atoms with Crippen LogP contribution in [0.25, 0.3) is 0 Å². The van der Waals surface area contributed by atoms with Crippen molar-refractivity contribution in [3.63, 3.8) is 0 Å². The van der Waals surface area contributed by atoms with Crippen molar-refractivity contribution in [1.29, 1.82) is 0 Å². The van der Waals surface area contributed by atoms with Crippen LogP contribution in [0.3, 0.4) is 0 Å². The summed E-state index contributed by atoms with van der Waals surface area (Å²) in [4.78, 5) is 2.45. The highest BCUT2D eigenvalue weighted by Crippen LogP contribution is 1.97. The molecule has 4 nitrogen and oxygen atoms in total. The number of unbranched alkanes of at least 4 members (excludes halogenated alkanes) is 3. The smallest absolute Gasteiger partial charge is 0.0589 e. The first kappa shape index (κ1) is 18.8. The van der Waals surface area contributed by atoms with Crippen LogP contribution in [0.5, 0.6) is 0 Å². The first-order chi connectivity index (χ1) is 9.35. The molecule has 0 saturated heterocycles. The quantitative estimate of drug-likeness (QED) is 0.464. The molecule has 0 fully saturated rings. The van der Waals surface area contributed by atoms with E-state index in [0.717, 1.165) is 52.4 Å². The SMILES string of the molecule is CCCCCCNCCN(CCCOC)CCOC. The fourth-order valence-electron chi connectivity index (χ4n) is 2.03. The minimum absolute atomic E-state index is 0.809. The summed E-state index contributed by atoms with van der Waals surface area (Å²) in [6, 6.07) is 0. The monoisotopic (exact) mass is 274 g/mol. The molecule has 0 saturated carbocycles. The van der Waals surface area contributed by atoms with Crippen molar-refractivity contribution >= 4 is 0 Å². The Morgan fingerprint density at radius 1 is 0.789 bits per heavy atom. The van der Waals surface area contributed by atoms with Crippen molar-refractivity contribution < 1.29 is 9.47 Å². The maximum atomic E-state index is 5.16. The lowest BCUT2D eigenvalue weighted by atomic mass is 10.2. The summed E-state index contributed by atoms with van der Waals surface area (Å²) in [6.07, 6.45) is 6.42. The van der Waals surface area contributed by atoms with E-state index in [9.17, 15) is 0 Å². The van der Waals surface area contributed by atoms with E-state index < -0.39 is 0 Å². The summed E-state index contributed by atoms with van der Waals surface area (Å²) in [6.45, 7) is 9.32. The van der Waals surface area contributed by atoms with Crippen molar-refractivity contribution in [3.8, 4) is 0 Å². The van der Waals surface area contributed by atoms with Crippen molar-refractivity contribution in [1.82, 2.24) is 10.2 Å². The predicted octanol–water partition coefficient (Wildman–Crippen LogP) is 2.14. The van der Waals surface area contributed by atoms with Crippen LogP contribution in [0.15, 0.2) is 0 Å². The van der Waals surface area contributed by atoms with Crippen LogP contribution in [0.4, 0.5) is 0 Å². The molecule has 0 aromatic heterocycles. The molecule has 0 aliphatic rings. The Balaban J connectivity index is 3.49. The summed E-state index contributed by atoms with van der Waals surface area (Å²) in [5.74, 6) is 0. The van der Waals surface area contributed by atoms with Crippen molar-refractivity contribution in [3.05, 3.63) is 0 Å². The molecule has 0 rings (SSSR count). The summed E-state index contributed by atoms with van der Waals surface area (Å²) < 4.78 is 10.3. The number of methoxy groups -OCH3 is 2. The normalized spacial score (nSPS) is 11.4. The lowest BCUT2D eigenvalue weighted by molar-refractivity contribution is 0.133. The zero-order chi connectivity index (χ0) is 14.2. The third-order valence-electron chi connectivity index (χ3n) is 3.25. The third-order valence-corrected chi connectivity index (χ3v) is 3.25. The number of ether oxygens (including phenoxy) is 2. The van der Waals surface area contributed by atoms with Gasteiger partial charge in [-0.25, -0.2) is 0 Å². The highest BCUT2D eigenvalue weighted by molar-refractivity contribution is 4.60. The molecule has 0 aliphatic heterocycles.